The van der Waals surface area contributed by atoms with Crippen LogP contribution in [0, 0.1) is 25.6 Å². The maximum absolute atomic E-state index is 13.9. The van der Waals surface area contributed by atoms with E-state index in [9.17, 15) is 9.18 Å². The summed E-state index contributed by atoms with van der Waals surface area (Å²) in [5.74, 6) is -0.211. The molecule has 2 aromatic carbocycles. The number of halogens is 2. The van der Waals surface area contributed by atoms with E-state index in [4.69, 9.17) is 11.6 Å². The third kappa shape index (κ3) is 4.25. The molecule has 0 bridgehead atoms. The predicted molar refractivity (Wildman–Crippen MR) is 104 cm³/mol. The fraction of sp³-hybridized carbons (Fsp3) is 0.381. The number of rotatable bonds is 4. The quantitative estimate of drug-likeness (QED) is 0.821. The first kappa shape index (κ1) is 18.9. The maximum Gasteiger partial charge on any atom is 0.227 e. The van der Waals surface area contributed by atoms with Crippen molar-refractivity contribution in [2.24, 2.45) is 5.92 Å². The minimum atomic E-state index is -0.271. The zero-order valence-electron chi connectivity index (χ0n) is 15.2. The topological polar surface area (TPSA) is 32.3 Å². The normalized spacial score (nSPS) is 15.8. The molecular weight excluding hydrogens is 351 g/mol. The Morgan fingerprint density at radius 3 is 2.58 bits per heavy atom. The summed E-state index contributed by atoms with van der Waals surface area (Å²) in [7, 11) is 0. The number of nitrogens with one attached hydrogen (secondary N) is 1. The lowest BCUT2D eigenvalue weighted by Crippen LogP contribution is -2.38. The average Bonchev–Trinajstić information content (AvgIpc) is 2.63. The van der Waals surface area contributed by atoms with Crippen molar-refractivity contribution >= 4 is 23.2 Å². The van der Waals surface area contributed by atoms with Crippen LogP contribution in [0.3, 0.4) is 0 Å². The van der Waals surface area contributed by atoms with Gasteiger partial charge in [0, 0.05) is 28.7 Å². The number of carbonyl (C=O) groups is 1. The van der Waals surface area contributed by atoms with E-state index in [1.54, 1.807) is 12.1 Å². The number of likely N-dealkylation sites (tertiary alicyclic amines) is 1. The number of benzene rings is 2. The fourth-order valence-electron chi connectivity index (χ4n) is 3.38. The highest BCUT2D eigenvalue weighted by molar-refractivity contribution is 6.31. The minimum Gasteiger partial charge on any atom is -0.326 e. The van der Waals surface area contributed by atoms with E-state index in [0.29, 0.717) is 17.1 Å². The third-order valence-corrected chi connectivity index (χ3v) is 5.62. The number of anilines is 1. The average molecular weight is 375 g/mol. The van der Waals surface area contributed by atoms with E-state index in [0.717, 1.165) is 37.2 Å². The van der Waals surface area contributed by atoms with E-state index >= 15 is 0 Å². The van der Waals surface area contributed by atoms with E-state index in [2.05, 4.69) is 10.2 Å². The molecule has 1 fully saturated rings. The molecule has 3 nitrogen and oxygen atoms in total. The van der Waals surface area contributed by atoms with Crippen LogP contribution in [0.25, 0.3) is 0 Å². The summed E-state index contributed by atoms with van der Waals surface area (Å²) in [4.78, 5) is 14.8. The van der Waals surface area contributed by atoms with E-state index in [-0.39, 0.29) is 17.6 Å². The molecule has 1 N–H and O–H groups in total. The SMILES string of the molecule is Cc1cccc(NC(=O)C2CCN(Cc3c(F)cccc3Cl)CC2)c1C. The van der Waals surface area contributed by atoms with Gasteiger partial charge >= 0.3 is 0 Å². The van der Waals surface area contributed by atoms with Crippen molar-refractivity contribution in [1.29, 1.82) is 0 Å². The van der Waals surface area contributed by atoms with Crippen LogP contribution < -0.4 is 5.32 Å². The van der Waals surface area contributed by atoms with Gasteiger partial charge in [0.05, 0.1) is 0 Å². The molecule has 26 heavy (non-hydrogen) atoms. The molecular formula is C21H24ClFN2O. The Kier molecular flexibility index (Phi) is 5.94. The molecule has 0 saturated carbocycles. The Balaban J connectivity index is 1.56. The first-order chi connectivity index (χ1) is 12.5. The van der Waals surface area contributed by atoms with Crippen LogP contribution in [0.4, 0.5) is 10.1 Å². The molecule has 0 atom stereocenters. The van der Waals surface area contributed by atoms with Gasteiger partial charge in [-0.3, -0.25) is 9.69 Å². The highest BCUT2D eigenvalue weighted by atomic mass is 35.5. The van der Waals surface area contributed by atoms with Crippen molar-refractivity contribution in [2.45, 2.75) is 33.2 Å². The maximum atomic E-state index is 13.9. The first-order valence-corrected chi connectivity index (χ1v) is 9.36. The van der Waals surface area contributed by atoms with Gasteiger partial charge in [-0.25, -0.2) is 4.39 Å². The molecule has 0 aliphatic carbocycles. The van der Waals surface area contributed by atoms with Crippen LogP contribution in [0.1, 0.15) is 29.5 Å². The number of carbonyl (C=O) groups excluding carboxylic acids is 1. The monoisotopic (exact) mass is 374 g/mol. The van der Waals surface area contributed by atoms with Crippen LogP contribution in [0.15, 0.2) is 36.4 Å². The largest absolute Gasteiger partial charge is 0.326 e. The lowest BCUT2D eigenvalue weighted by molar-refractivity contribution is -0.121. The lowest BCUT2D eigenvalue weighted by atomic mass is 9.95. The van der Waals surface area contributed by atoms with E-state index in [1.807, 2.05) is 32.0 Å². The first-order valence-electron chi connectivity index (χ1n) is 8.98. The molecule has 1 saturated heterocycles. The standard InChI is InChI=1S/C21H24ClFN2O/c1-14-5-3-8-20(15(14)2)24-21(26)16-9-11-25(12-10-16)13-17-18(22)6-4-7-19(17)23/h3-8,16H,9-13H2,1-2H3,(H,24,26). The molecule has 1 aliphatic heterocycles. The van der Waals surface area contributed by atoms with Crippen molar-refractivity contribution in [3.63, 3.8) is 0 Å². The Hall–Kier alpha value is -1.91. The molecule has 3 rings (SSSR count). The summed E-state index contributed by atoms with van der Waals surface area (Å²) in [6.07, 6.45) is 1.53. The predicted octanol–water partition coefficient (Wildman–Crippen LogP) is 4.95. The number of piperidine rings is 1. The lowest BCUT2D eigenvalue weighted by Gasteiger charge is -2.31. The summed E-state index contributed by atoms with van der Waals surface area (Å²) in [5.41, 5.74) is 3.69. The Morgan fingerprint density at radius 2 is 1.88 bits per heavy atom. The number of amides is 1. The van der Waals surface area contributed by atoms with Gasteiger partial charge < -0.3 is 5.32 Å². The minimum absolute atomic E-state index is 0.0118. The molecule has 0 aromatic heterocycles. The van der Waals surface area contributed by atoms with Gasteiger partial charge in [0.1, 0.15) is 5.82 Å². The van der Waals surface area contributed by atoms with Crippen LogP contribution >= 0.6 is 11.6 Å². The zero-order valence-corrected chi connectivity index (χ0v) is 15.9. The van der Waals surface area contributed by atoms with Crippen LogP contribution in [0.2, 0.25) is 5.02 Å². The second kappa shape index (κ2) is 8.19. The highest BCUT2D eigenvalue weighted by Gasteiger charge is 2.26. The molecule has 1 amide bonds. The van der Waals surface area contributed by atoms with Crippen molar-refractivity contribution < 1.29 is 9.18 Å². The van der Waals surface area contributed by atoms with E-state index < -0.39 is 0 Å². The molecule has 1 aliphatic rings. The Morgan fingerprint density at radius 1 is 1.19 bits per heavy atom. The van der Waals surface area contributed by atoms with Crippen LogP contribution in [-0.2, 0) is 11.3 Å². The van der Waals surface area contributed by atoms with E-state index in [1.165, 1.54) is 11.6 Å². The second-order valence-corrected chi connectivity index (χ2v) is 7.39. The van der Waals surface area contributed by atoms with Crippen molar-refractivity contribution in [1.82, 2.24) is 4.90 Å². The number of hydrogen-bond donors (Lipinski definition) is 1. The molecule has 0 spiro atoms. The third-order valence-electron chi connectivity index (χ3n) is 5.26. The Bertz CT molecular complexity index is 780. The molecule has 0 radical (unpaired) electrons. The van der Waals surface area contributed by atoms with Crippen LogP contribution in [-0.4, -0.2) is 23.9 Å². The summed E-state index contributed by atoms with van der Waals surface area (Å²) >= 11 is 6.11. The zero-order chi connectivity index (χ0) is 18.7. The van der Waals surface area contributed by atoms with Gasteiger partial charge in [-0.15, -0.1) is 0 Å². The van der Waals surface area contributed by atoms with Crippen molar-refractivity contribution in [3.05, 3.63) is 63.9 Å². The number of hydrogen-bond acceptors (Lipinski definition) is 2. The second-order valence-electron chi connectivity index (χ2n) is 6.99. The van der Waals surface area contributed by atoms with Gasteiger partial charge in [-0.2, -0.15) is 0 Å². The Labute approximate surface area is 159 Å². The van der Waals surface area contributed by atoms with Gasteiger partial charge in [0.2, 0.25) is 5.91 Å². The summed E-state index contributed by atoms with van der Waals surface area (Å²) in [6, 6.07) is 10.7. The molecule has 2 aromatic rings. The van der Waals surface area contributed by atoms with Gasteiger partial charge in [-0.1, -0.05) is 29.8 Å². The summed E-state index contributed by atoms with van der Waals surface area (Å²) in [5, 5.41) is 3.52. The van der Waals surface area contributed by atoms with Crippen molar-refractivity contribution in [3.8, 4) is 0 Å². The highest BCUT2D eigenvalue weighted by Crippen LogP contribution is 2.26. The van der Waals surface area contributed by atoms with Gasteiger partial charge in [-0.05, 0) is 69.1 Å². The fourth-order valence-corrected chi connectivity index (χ4v) is 3.60. The summed E-state index contributed by atoms with van der Waals surface area (Å²) in [6.45, 7) is 6.06. The smallest absolute Gasteiger partial charge is 0.227 e. The summed E-state index contributed by atoms with van der Waals surface area (Å²) < 4.78 is 13.9. The molecule has 138 valence electrons. The molecule has 1 heterocycles. The number of aryl methyl sites for hydroxylation is 1. The van der Waals surface area contributed by atoms with Crippen LogP contribution in [0.5, 0.6) is 0 Å². The van der Waals surface area contributed by atoms with Gasteiger partial charge in [0.15, 0.2) is 0 Å². The molecule has 5 heteroatoms. The molecule has 0 unspecified atom stereocenters. The number of nitrogens with zero attached hydrogens (tertiary/aromatic N) is 1. The van der Waals surface area contributed by atoms with Crippen molar-refractivity contribution in [2.75, 3.05) is 18.4 Å². The van der Waals surface area contributed by atoms with Gasteiger partial charge in [0.25, 0.3) is 0 Å².